The van der Waals surface area contributed by atoms with Crippen molar-refractivity contribution in [2.24, 2.45) is 5.92 Å². The third-order valence-electron chi connectivity index (χ3n) is 14.0. The van der Waals surface area contributed by atoms with Crippen molar-refractivity contribution >= 4 is 21.5 Å². The largest absolute Gasteiger partial charge is 0.0648 e. The SMILES string of the molecule is CC1Cc2ccccc2C1C.CC1c2cccc3cccc(c23)C1C.CCC(C)(C)c1ccccc1.CCC(C)c1cccc2ccccc12.CCC(C)c1ccccc1. The molecule has 2 aliphatic carbocycles. The molecule has 2 aliphatic rings. The van der Waals surface area contributed by atoms with Crippen molar-refractivity contribution in [2.45, 2.75) is 137 Å². The second-order valence-corrected chi connectivity index (χ2v) is 18.2. The number of hydrogen-bond donors (Lipinski definition) is 0. The van der Waals surface area contributed by atoms with E-state index in [1.54, 1.807) is 11.1 Å². The van der Waals surface area contributed by atoms with Crippen LogP contribution in [0.15, 0.2) is 164 Å². The third kappa shape index (κ3) is 11.5. The Kier molecular flexibility index (Phi) is 17.0. The van der Waals surface area contributed by atoms with Gasteiger partial charge >= 0.3 is 0 Å². The van der Waals surface area contributed by atoms with Crippen molar-refractivity contribution in [3.05, 3.63) is 203 Å². The molecule has 0 saturated heterocycles. The van der Waals surface area contributed by atoms with Crippen LogP contribution in [0, 0.1) is 5.92 Å². The Balaban J connectivity index is 0.000000143. The van der Waals surface area contributed by atoms with E-state index in [0.717, 1.165) is 11.8 Å². The van der Waals surface area contributed by atoms with Gasteiger partial charge in [0, 0.05) is 0 Å². The number of rotatable bonds is 6. The second kappa shape index (κ2) is 22.1. The molecule has 6 unspecified atom stereocenters. The molecule has 0 radical (unpaired) electrons. The zero-order chi connectivity index (χ0) is 43.2. The van der Waals surface area contributed by atoms with E-state index < -0.39 is 0 Å². The monoisotopic (exact) mass is 795 g/mol. The lowest BCUT2D eigenvalue weighted by atomic mass is 9.82. The van der Waals surface area contributed by atoms with Crippen LogP contribution in [0.4, 0.5) is 0 Å². The third-order valence-corrected chi connectivity index (χ3v) is 14.0. The Hall–Kier alpha value is -4.94. The van der Waals surface area contributed by atoms with E-state index in [9.17, 15) is 0 Å². The molecule has 60 heavy (non-hydrogen) atoms. The molecule has 0 nitrogen and oxygen atoms in total. The summed E-state index contributed by atoms with van der Waals surface area (Å²) in [7, 11) is 0. The summed E-state index contributed by atoms with van der Waals surface area (Å²) in [5.41, 5.74) is 10.9. The lowest BCUT2D eigenvalue weighted by Crippen LogP contribution is -2.14. The van der Waals surface area contributed by atoms with E-state index in [2.05, 4.69) is 240 Å². The van der Waals surface area contributed by atoms with Crippen molar-refractivity contribution in [3.8, 4) is 0 Å². The van der Waals surface area contributed by atoms with E-state index in [4.69, 9.17) is 0 Å². The molecule has 0 saturated carbocycles. The molecular formula is C60H74. The maximum absolute atomic E-state index is 2.34. The Morgan fingerprint density at radius 2 is 0.967 bits per heavy atom. The highest BCUT2D eigenvalue weighted by atomic mass is 14.3. The number of hydrogen-bond acceptors (Lipinski definition) is 0. The van der Waals surface area contributed by atoms with E-state index >= 15 is 0 Å². The fourth-order valence-electron chi connectivity index (χ4n) is 8.70. The van der Waals surface area contributed by atoms with Crippen molar-refractivity contribution in [2.75, 3.05) is 0 Å². The van der Waals surface area contributed by atoms with Gasteiger partial charge < -0.3 is 0 Å². The maximum Gasteiger partial charge on any atom is -0.0106 e. The van der Waals surface area contributed by atoms with Gasteiger partial charge in [-0.1, -0.05) is 240 Å². The fourth-order valence-corrected chi connectivity index (χ4v) is 8.70. The predicted octanol–water partition coefficient (Wildman–Crippen LogP) is 18.0. The molecule has 0 fully saturated rings. The van der Waals surface area contributed by atoms with E-state index in [0.29, 0.717) is 29.1 Å². The molecule has 314 valence electrons. The first-order chi connectivity index (χ1) is 28.9. The predicted molar refractivity (Wildman–Crippen MR) is 266 cm³/mol. The molecule has 0 aromatic heterocycles. The van der Waals surface area contributed by atoms with Gasteiger partial charge in [0.15, 0.2) is 0 Å². The van der Waals surface area contributed by atoms with E-state index in [-0.39, 0.29) is 0 Å². The van der Waals surface area contributed by atoms with Crippen LogP contribution >= 0.6 is 0 Å². The minimum absolute atomic E-state index is 0.335. The minimum atomic E-state index is 0.335. The van der Waals surface area contributed by atoms with Gasteiger partial charge in [0.2, 0.25) is 0 Å². The van der Waals surface area contributed by atoms with Gasteiger partial charge in [-0.2, -0.15) is 0 Å². The van der Waals surface area contributed by atoms with Crippen LogP contribution < -0.4 is 0 Å². The average Bonchev–Trinajstić information content (AvgIpc) is 3.74. The lowest BCUT2D eigenvalue weighted by Gasteiger charge is -2.22. The molecule has 0 heterocycles. The zero-order valence-corrected chi connectivity index (χ0v) is 38.9. The molecule has 7 aromatic rings. The quantitative estimate of drug-likeness (QED) is 0.157. The van der Waals surface area contributed by atoms with Crippen molar-refractivity contribution in [1.29, 1.82) is 0 Å². The molecule has 9 rings (SSSR count). The topological polar surface area (TPSA) is 0 Å². The summed E-state index contributed by atoms with van der Waals surface area (Å²) in [6, 6.07) is 58.7. The van der Waals surface area contributed by atoms with Crippen LogP contribution in [-0.4, -0.2) is 0 Å². The normalized spacial score (nSPS) is 18.2. The number of benzene rings is 7. The molecule has 6 atom stereocenters. The highest BCUT2D eigenvalue weighted by Gasteiger charge is 2.27. The van der Waals surface area contributed by atoms with Crippen LogP contribution in [0.2, 0.25) is 0 Å². The van der Waals surface area contributed by atoms with E-state index in [1.165, 1.54) is 75.0 Å². The first kappa shape index (κ1) is 46.1. The Morgan fingerprint density at radius 1 is 0.483 bits per heavy atom. The minimum Gasteiger partial charge on any atom is -0.0648 e. The molecular weight excluding hydrogens is 721 g/mol. The molecule has 7 aromatic carbocycles. The smallest absolute Gasteiger partial charge is 0.0106 e. The van der Waals surface area contributed by atoms with Gasteiger partial charge in [-0.15, -0.1) is 0 Å². The molecule has 0 bridgehead atoms. The maximum atomic E-state index is 2.34. The summed E-state index contributed by atoms with van der Waals surface area (Å²) >= 11 is 0. The van der Waals surface area contributed by atoms with Crippen molar-refractivity contribution in [1.82, 2.24) is 0 Å². The van der Waals surface area contributed by atoms with E-state index in [1.807, 2.05) is 0 Å². The van der Waals surface area contributed by atoms with Gasteiger partial charge in [0.25, 0.3) is 0 Å². The average molecular weight is 795 g/mol. The summed E-state index contributed by atoms with van der Waals surface area (Å²) in [5.74, 6) is 4.33. The molecule has 0 spiro atoms. The summed E-state index contributed by atoms with van der Waals surface area (Å²) in [6.07, 6.45) is 4.90. The lowest BCUT2D eigenvalue weighted by molar-refractivity contribution is 0.506. The Bertz CT molecular complexity index is 2270. The first-order valence-electron chi connectivity index (χ1n) is 23.1. The Labute approximate surface area is 365 Å². The van der Waals surface area contributed by atoms with Gasteiger partial charge in [0.1, 0.15) is 0 Å². The molecule has 0 aliphatic heterocycles. The van der Waals surface area contributed by atoms with Gasteiger partial charge in [-0.05, 0) is 127 Å². The zero-order valence-electron chi connectivity index (χ0n) is 38.9. The molecule has 0 amide bonds. The fraction of sp³-hybridized carbons (Fsp3) is 0.367. The van der Waals surface area contributed by atoms with Crippen LogP contribution in [0.1, 0.15) is 164 Å². The van der Waals surface area contributed by atoms with Crippen molar-refractivity contribution < 1.29 is 0 Å². The first-order valence-corrected chi connectivity index (χ1v) is 23.1. The van der Waals surface area contributed by atoms with Crippen molar-refractivity contribution in [3.63, 3.8) is 0 Å². The van der Waals surface area contributed by atoms with Crippen LogP contribution in [0.5, 0.6) is 0 Å². The van der Waals surface area contributed by atoms with Crippen LogP contribution in [-0.2, 0) is 11.8 Å². The summed E-state index contributed by atoms with van der Waals surface area (Å²) in [6.45, 7) is 25.1. The van der Waals surface area contributed by atoms with Crippen LogP contribution in [0.3, 0.4) is 0 Å². The van der Waals surface area contributed by atoms with Gasteiger partial charge in [-0.25, -0.2) is 0 Å². The highest BCUT2D eigenvalue weighted by molar-refractivity contribution is 5.92. The number of fused-ring (bicyclic) bond motifs is 2. The summed E-state index contributed by atoms with van der Waals surface area (Å²) in [4.78, 5) is 0. The second-order valence-electron chi connectivity index (χ2n) is 18.2. The Morgan fingerprint density at radius 3 is 1.55 bits per heavy atom. The van der Waals surface area contributed by atoms with Crippen LogP contribution in [0.25, 0.3) is 21.5 Å². The standard InChI is InChI=1S/C14H14.C14H16.C11H14.C11H16.C10H14/c1-9-10(2)13-8-4-6-11-5-3-7-12(9)14(11)13;1-3-11(2)13-10-6-8-12-7-4-5-9-14(12)13;1-8-7-10-5-3-4-6-11(10)9(8)2;1-4-11(2,3)10-8-6-5-7-9-10;1-3-9(2)10-7-5-4-6-8-10/h3-10H,1-2H3;4-11H,3H2,1-2H3;3-6,8-9H,7H2,1-2H3;5-9H,4H2,1-3H3;4-9H,3H2,1-2H3. The van der Waals surface area contributed by atoms with Gasteiger partial charge in [0.05, 0.1) is 0 Å². The van der Waals surface area contributed by atoms with Gasteiger partial charge in [-0.3, -0.25) is 0 Å². The molecule has 0 N–H and O–H groups in total. The highest BCUT2D eigenvalue weighted by Crippen LogP contribution is 2.46. The molecule has 0 heteroatoms. The summed E-state index contributed by atoms with van der Waals surface area (Å²) in [5, 5.41) is 5.67. The summed E-state index contributed by atoms with van der Waals surface area (Å²) < 4.78 is 0.